The number of hydrogen-bond donors (Lipinski definition) is 2. The molecule has 2 N–H and O–H groups in total. The second-order valence-electron chi connectivity index (χ2n) is 8.05. The molecular weight excluding hydrogens is 409 g/mol. The van der Waals surface area contributed by atoms with Crippen molar-refractivity contribution in [3.63, 3.8) is 0 Å². The minimum atomic E-state index is -3.68. The third kappa shape index (κ3) is 5.78. The van der Waals surface area contributed by atoms with Crippen LogP contribution >= 0.6 is 0 Å². The van der Waals surface area contributed by atoms with Crippen LogP contribution in [-0.4, -0.2) is 50.7 Å². The molecule has 1 saturated carbocycles. The minimum Gasteiger partial charge on any atom is -0.354 e. The molecule has 0 bridgehead atoms. The van der Waals surface area contributed by atoms with E-state index in [0.717, 1.165) is 37.8 Å². The smallest absolute Gasteiger partial charge is 0.243 e. The molecule has 0 atom stereocenters. The molecule has 30 heavy (non-hydrogen) atoms. The van der Waals surface area contributed by atoms with Crippen LogP contribution in [-0.2, 0) is 19.6 Å². The summed E-state index contributed by atoms with van der Waals surface area (Å²) in [5.74, 6) is -0.677. The predicted molar refractivity (Wildman–Crippen MR) is 110 cm³/mol. The number of hydrogen-bond acceptors (Lipinski definition) is 4. The van der Waals surface area contributed by atoms with Gasteiger partial charge in [0.25, 0.3) is 0 Å². The Labute approximate surface area is 177 Å². The van der Waals surface area contributed by atoms with Crippen molar-refractivity contribution >= 4 is 21.8 Å². The van der Waals surface area contributed by atoms with E-state index >= 15 is 0 Å². The van der Waals surface area contributed by atoms with Gasteiger partial charge in [-0.2, -0.15) is 4.31 Å². The lowest BCUT2D eigenvalue weighted by Gasteiger charge is -2.30. The summed E-state index contributed by atoms with van der Waals surface area (Å²) in [5, 5.41) is 5.73. The van der Waals surface area contributed by atoms with Gasteiger partial charge in [-0.25, -0.2) is 12.8 Å². The maximum atomic E-state index is 13.0. The van der Waals surface area contributed by atoms with E-state index < -0.39 is 15.8 Å². The highest BCUT2D eigenvalue weighted by atomic mass is 32.2. The van der Waals surface area contributed by atoms with E-state index in [1.807, 2.05) is 0 Å². The monoisotopic (exact) mass is 439 g/mol. The maximum absolute atomic E-state index is 13.0. The highest BCUT2D eigenvalue weighted by molar-refractivity contribution is 7.89. The fraction of sp³-hybridized carbons (Fsp3) is 0.619. The van der Waals surface area contributed by atoms with Gasteiger partial charge >= 0.3 is 0 Å². The molecule has 0 unspecified atom stereocenters. The average Bonchev–Trinajstić information content (AvgIpc) is 2.77. The largest absolute Gasteiger partial charge is 0.354 e. The van der Waals surface area contributed by atoms with Crippen LogP contribution in [0.15, 0.2) is 29.2 Å². The van der Waals surface area contributed by atoms with Gasteiger partial charge in [0.2, 0.25) is 21.8 Å². The number of benzene rings is 1. The molecule has 1 saturated heterocycles. The molecule has 1 aliphatic carbocycles. The summed E-state index contributed by atoms with van der Waals surface area (Å²) in [6.07, 6.45) is 6.15. The van der Waals surface area contributed by atoms with E-state index in [-0.39, 0.29) is 41.6 Å². The molecule has 1 heterocycles. The molecule has 2 fully saturated rings. The zero-order chi connectivity index (χ0) is 21.6. The third-order valence-electron chi connectivity index (χ3n) is 5.98. The number of halogens is 1. The molecule has 1 aliphatic heterocycles. The van der Waals surface area contributed by atoms with E-state index in [9.17, 15) is 22.4 Å². The molecule has 166 valence electrons. The van der Waals surface area contributed by atoms with E-state index in [1.165, 1.54) is 22.9 Å². The van der Waals surface area contributed by atoms with Crippen LogP contribution in [0.4, 0.5) is 4.39 Å². The Morgan fingerprint density at radius 3 is 1.90 bits per heavy atom. The minimum absolute atomic E-state index is 0.0560. The zero-order valence-electron chi connectivity index (χ0n) is 17.1. The lowest BCUT2D eigenvalue weighted by atomic mass is 9.89. The highest BCUT2D eigenvalue weighted by Gasteiger charge is 2.32. The van der Waals surface area contributed by atoms with Gasteiger partial charge in [-0.1, -0.05) is 19.3 Å². The first-order valence-electron chi connectivity index (χ1n) is 10.7. The Bertz CT molecular complexity index is 830. The van der Waals surface area contributed by atoms with Crippen LogP contribution in [0, 0.1) is 17.7 Å². The van der Waals surface area contributed by atoms with E-state index in [0.29, 0.717) is 25.9 Å². The Hall–Kier alpha value is -2.00. The van der Waals surface area contributed by atoms with Crippen LogP contribution < -0.4 is 10.6 Å². The number of amides is 2. The number of sulfonamides is 1. The Kier molecular flexibility index (Phi) is 7.82. The van der Waals surface area contributed by atoms with Crippen molar-refractivity contribution in [2.24, 2.45) is 11.8 Å². The number of carbonyl (C=O) groups is 2. The SMILES string of the molecule is O=C(NCCNC(=O)C1CCN(S(=O)(=O)c2ccc(F)cc2)CC1)C1CCCCC1. The fourth-order valence-electron chi connectivity index (χ4n) is 4.14. The van der Waals surface area contributed by atoms with Crippen molar-refractivity contribution in [1.82, 2.24) is 14.9 Å². The standard InChI is InChI=1S/C21H30FN3O4S/c22-18-6-8-19(9-7-18)30(28,29)25-14-10-17(11-15-25)21(27)24-13-12-23-20(26)16-4-2-1-3-5-16/h6-9,16-17H,1-5,10-15H2,(H,23,26)(H,24,27). The Balaban J connectivity index is 1.38. The molecule has 2 aliphatic rings. The molecule has 0 radical (unpaired) electrons. The average molecular weight is 440 g/mol. The highest BCUT2D eigenvalue weighted by Crippen LogP contribution is 2.25. The lowest BCUT2D eigenvalue weighted by molar-refractivity contribution is -0.127. The predicted octanol–water partition coefficient (Wildman–Crippen LogP) is 2.04. The third-order valence-corrected chi connectivity index (χ3v) is 7.89. The number of nitrogens with one attached hydrogen (secondary N) is 2. The van der Waals surface area contributed by atoms with Gasteiger partial charge in [-0.15, -0.1) is 0 Å². The van der Waals surface area contributed by atoms with Crippen molar-refractivity contribution in [3.8, 4) is 0 Å². The van der Waals surface area contributed by atoms with Gasteiger partial charge in [-0.05, 0) is 49.9 Å². The zero-order valence-corrected chi connectivity index (χ0v) is 17.9. The van der Waals surface area contributed by atoms with Gasteiger partial charge in [0.05, 0.1) is 4.90 Å². The van der Waals surface area contributed by atoms with Gasteiger partial charge < -0.3 is 10.6 Å². The van der Waals surface area contributed by atoms with Crippen LogP contribution in [0.5, 0.6) is 0 Å². The summed E-state index contributed by atoms with van der Waals surface area (Å²) < 4.78 is 39.7. The van der Waals surface area contributed by atoms with Crippen LogP contribution in [0.25, 0.3) is 0 Å². The molecule has 0 aromatic heterocycles. The van der Waals surface area contributed by atoms with Crippen molar-refractivity contribution in [3.05, 3.63) is 30.1 Å². The summed E-state index contributed by atoms with van der Waals surface area (Å²) >= 11 is 0. The Morgan fingerprint density at radius 2 is 1.37 bits per heavy atom. The summed E-state index contributed by atoms with van der Waals surface area (Å²) in [4.78, 5) is 24.5. The summed E-state index contributed by atoms with van der Waals surface area (Å²) in [6, 6.07) is 4.76. The molecule has 1 aromatic rings. The molecule has 3 rings (SSSR count). The quantitative estimate of drug-likeness (QED) is 0.636. The molecule has 1 aromatic carbocycles. The van der Waals surface area contributed by atoms with Crippen LogP contribution in [0.1, 0.15) is 44.9 Å². The van der Waals surface area contributed by atoms with E-state index in [1.54, 1.807) is 0 Å². The summed E-state index contributed by atoms with van der Waals surface area (Å²) in [6.45, 7) is 1.26. The molecule has 9 heteroatoms. The topological polar surface area (TPSA) is 95.6 Å². The number of nitrogens with zero attached hydrogens (tertiary/aromatic N) is 1. The van der Waals surface area contributed by atoms with E-state index in [4.69, 9.17) is 0 Å². The van der Waals surface area contributed by atoms with Crippen molar-refractivity contribution in [2.75, 3.05) is 26.2 Å². The van der Waals surface area contributed by atoms with Crippen molar-refractivity contribution in [1.29, 1.82) is 0 Å². The lowest BCUT2D eigenvalue weighted by Crippen LogP contribution is -2.44. The summed E-state index contributed by atoms with van der Waals surface area (Å²) in [7, 11) is -3.68. The summed E-state index contributed by atoms with van der Waals surface area (Å²) in [5.41, 5.74) is 0. The van der Waals surface area contributed by atoms with E-state index in [2.05, 4.69) is 10.6 Å². The number of rotatable bonds is 7. The van der Waals surface area contributed by atoms with Crippen molar-refractivity contribution < 1.29 is 22.4 Å². The van der Waals surface area contributed by atoms with Crippen LogP contribution in [0.3, 0.4) is 0 Å². The second kappa shape index (κ2) is 10.3. The maximum Gasteiger partial charge on any atom is 0.243 e. The first kappa shape index (κ1) is 22.7. The first-order chi connectivity index (χ1) is 14.4. The Morgan fingerprint density at radius 1 is 0.867 bits per heavy atom. The van der Waals surface area contributed by atoms with Gasteiger partial charge in [0, 0.05) is 38.0 Å². The van der Waals surface area contributed by atoms with Gasteiger partial charge in [0.1, 0.15) is 5.82 Å². The normalized spacial score (nSPS) is 19.4. The first-order valence-corrected chi connectivity index (χ1v) is 12.1. The van der Waals surface area contributed by atoms with Crippen LogP contribution in [0.2, 0.25) is 0 Å². The molecule has 2 amide bonds. The number of carbonyl (C=O) groups excluding carboxylic acids is 2. The van der Waals surface area contributed by atoms with Crippen molar-refractivity contribution in [2.45, 2.75) is 49.8 Å². The molecule has 7 nitrogen and oxygen atoms in total. The fourth-order valence-corrected chi connectivity index (χ4v) is 5.61. The second-order valence-corrected chi connectivity index (χ2v) is 9.99. The molecular formula is C21H30FN3O4S. The van der Waals surface area contributed by atoms with Gasteiger partial charge in [0.15, 0.2) is 0 Å². The van der Waals surface area contributed by atoms with Gasteiger partial charge in [-0.3, -0.25) is 9.59 Å². The number of piperidine rings is 1. The molecule has 0 spiro atoms.